The summed E-state index contributed by atoms with van der Waals surface area (Å²) >= 11 is 0. The Bertz CT molecular complexity index is 440. The van der Waals surface area contributed by atoms with Gasteiger partial charge in [-0.05, 0) is 13.8 Å². The van der Waals surface area contributed by atoms with E-state index in [4.69, 9.17) is 4.74 Å². The van der Waals surface area contributed by atoms with Gasteiger partial charge in [-0.2, -0.15) is 5.10 Å². The Kier molecular flexibility index (Phi) is 4.97. The molecule has 0 aliphatic carbocycles. The number of aryl methyl sites for hydroxylation is 2. The number of carbonyl (C=O) groups is 1. The van der Waals surface area contributed by atoms with Gasteiger partial charge in [0.05, 0.1) is 18.9 Å². The smallest absolute Gasteiger partial charge is 0.320 e. The molecule has 1 fully saturated rings. The number of carbonyl (C=O) groups excluding carboxylic acids is 1. The lowest BCUT2D eigenvalue weighted by Gasteiger charge is -2.30. The van der Waals surface area contributed by atoms with Gasteiger partial charge >= 0.3 is 6.03 Å². The summed E-state index contributed by atoms with van der Waals surface area (Å²) in [7, 11) is 1.80. The molecule has 1 unspecified atom stereocenters. The van der Waals surface area contributed by atoms with Gasteiger partial charge in [-0.25, -0.2) is 4.79 Å². The van der Waals surface area contributed by atoms with Gasteiger partial charge in [0.25, 0.3) is 0 Å². The van der Waals surface area contributed by atoms with E-state index in [1.165, 1.54) is 0 Å². The predicted octanol–water partition coefficient (Wildman–Crippen LogP) is 0.571. The predicted molar refractivity (Wildman–Crippen MR) is 76.8 cm³/mol. The lowest BCUT2D eigenvalue weighted by molar-refractivity contribution is -0.0174. The van der Waals surface area contributed by atoms with Crippen LogP contribution in [0.2, 0.25) is 0 Å². The number of nitrogens with one attached hydrogen (secondary N) is 2. The van der Waals surface area contributed by atoms with Crippen LogP contribution in [0, 0.1) is 6.92 Å². The molecular weight excluding hydrogens is 258 g/mol. The van der Waals surface area contributed by atoms with Crippen LogP contribution in [0.15, 0.2) is 6.20 Å². The molecule has 20 heavy (non-hydrogen) atoms. The molecule has 1 aromatic rings. The average Bonchev–Trinajstić information content (AvgIpc) is 2.71. The van der Waals surface area contributed by atoms with E-state index in [2.05, 4.69) is 27.6 Å². The van der Waals surface area contributed by atoms with E-state index < -0.39 is 0 Å². The molecule has 1 aromatic heterocycles. The number of morpholine rings is 1. The fourth-order valence-electron chi connectivity index (χ4n) is 2.30. The van der Waals surface area contributed by atoms with Gasteiger partial charge in [0.15, 0.2) is 0 Å². The first-order chi connectivity index (χ1) is 9.56. The third-order valence-electron chi connectivity index (χ3n) is 3.39. The molecule has 2 amide bonds. The Labute approximate surface area is 119 Å². The van der Waals surface area contributed by atoms with Crippen molar-refractivity contribution in [1.82, 2.24) is 20.0 Å². The van der Waals surface area contributed by atoms with Gasteiger partial charge in [0.1, 0.15) is 5.82 Å². The Morgan fingerprint density at radius 1 is 1.60 bits per heavy atom. The van der Waals surface area contributed by atoms with Crippen molar-refractivity contribution in [3.63, 3.8) is 0 Å². The van der Waals surface area contributed by atoms with Crippen molar-refractivity contribution >= 4 is 11.8 Å². The minimum atomic E-state index is -0.196. The summed E-state index contributed by atoms with van der Waals surface area (Å²) < 4.78 is 7.13. The summed E-state index contributed by atoms with van der Waals surface area (Å²) in [5, 5.41) is 9.76. The Morgan fingerprint density at radius 2 is 2.40 bits per heavy atom. The number of urea groups is 1. The molecule has 2 rings (SSSR count). The second kappa shape index (κ2) is 6.71. The Balaban J connectivity index is 1.70. The van der Waals surface area contributed by atoms with Gasteiger partial charge in [-0.1, -0.05) is 0 Å². The monoisotopic (exact) mass is 281 g/mol. The molecule has 7 heteroatoms. The minimum absolute atomic E-state index is 0.196. The van der Waals surface area contributed by atoms with Crippen LogP contribution in [0.5, 0.6) is 0 Å². The van der Waals surface area contributed by atoms with Gasteiger partial charge < -0.3 is 10.1 Å². The van der Waals surface area contributed by atoms with Crippen molar-refractivity contribution < 1.29 is 9.53 Å². The van der Waals surface area contributed by atoms with Crippen molar-refractivity contribution in [2.75, 3.05) is 38.1 Å². The lowest BCUT2D eigenvalue weighted by Crippen LogP contribution is -2.45. The summed E-state index contributed by atoms with van der Waals surface area (Å²) in [6.45, 7) is 8.05. The van der Waals surface area contributed by atoms with Crippen LogP contribution in [-0.4, -0.2) is 59.6 Å². The fraction of sp³-hybridized carbons (Fsp3) is 0.692. The average molecular weight is 281 g/mol. The first kappa shape index (κ1) is 14.8. The van der Waals surface area contributed by atoms with E-state index in [9.17, 15) is 4.79 Å². The summed E-state index contributed by atoms with van der Waals surface area (Å²) in [5.74, 6) is 0.725. The quantitative estimate of drug-likeness (QED) is 0.846. The number of hydrogen-bond donors (Lipinski definition) is 2. The highest BCUT2D eigenvalue weighted by atomic mass is 16.5. The van der Waals surface area contributed by atoms with E-state index >= 15 is 0 Å². The van der Waals surface area contributed by atoms with Crippen molar-refractivity contribution in [2.45, 2.75) is 20.0 Å². The highest BCUT2D eigenvalue weighted by Crippen LogP contribution is 2.11. The molecular formula is C13H23N5O2. The number of aromatic nitrogens is 2. The molecule has 0 aromatic carbocycles. The summed E-state index contributed by atoms with van der Waals surface area (Å²) in [6, 6.07) is -0.196. The minimum Gasteiger partial charge on any atom is -0.376 e. The van der Waals surface area contributed by atoms with Crippen LogP contribution >= 0.6 is 0 Å². The topological polar surface area (TPSA) is 71.4 Å². The lowest BCUT2D eigenvalue weighted by atomic mass is 10.3. The molecule has 0 radical (unpaired) electrons. The van der Waals surface area contributed by atoms with Gasteiger partial charge in [-0.15, -0.1) is 0 Å². The van der Waals surface area contributed by atoms with Crippen LogP contribution in [-0.2, 0) is 11.8 Å². The molecule has 0 spiro atoms. The van der Waals surface area contributed by atoms with Crippen molar-refractivity contribution in [3.8, 4) is 0 Å². The number of hydrogen-bond acceptors (Lipinski definition) is 4. The summed E-state index contributed by atoms with van der Waals surface area (Å²) in [4.78, 5) is 14.1. The Morgan fingerprint density at radius 3 is 3.05 bits per heavy atom. The molecule has 7 nitrogen and oxygen atoms in total. The number of rotatable bonds is 4. The first-order valence-corrected chi connectivity index (χ1v) is 6.93. The van der Waals surface area contributed by atoms with Crippen molar-refractivity contribution in [1.29, 1.82) is 0 Å². The first-order valence-electron chi connectivity index (χ1n) is 6.93. The van der Waals surface area contributed by atoms with Crippen LogP contribution < -0.4 is 10.6 Å². The SMILES string of the molecule is Cc1cnn(C)c1NC(=O)NCCN1CCOC(C)C1. The molecule has 1 aliphatic heterocycles. The highest BCUT2D eigenvalue weighted by Gasteiger charge is 2.16. The summed E-state index contributed by atoms with van der Waals surface area (Å²) in [5.41, 5.74) is 0.949. The molecule has 2 heterocycles. The number of anilines is 1. The van der Waals surface area contributed by atoms with Gasteiger partial charge in [0, 0.05) is 38.8 Å². The maximum atomic E-state index is 11.8. The third kappa shape index (κ3) is 3.94. The van der Waals surface area contributed by atoms with E-state index in [0.29, 0.717) is 6.54 Å². The fourth-order valence-corrected chi connectivity index (χ4v) is 2.30. The van der Waals surface area contributed by atoms with Crippen LogP contribution in [0.1, 0.15) is 12.5 Å². The van der Waals surface area contributed by atoms with Gasteiger partial charge in [0.2, 0.25) is 0 Å². The Hall–Kier alpha value is -1.60. The van der Waals surface area contributed by atoms with E-state index in [-0.39, 0.29) is 12.1 Å². The molecule has 2 N–H and O–H groups in total. The molecule has 0 saturated carbocycles. The third-order valence-corrected chi connectivity index (χ3v) is 3.39. The molecule has 1 saturated heterocycles. The van der Waals surface area contributed by atoms with Crippen molar-refractivity contribution in [3.05, 3.63) is 11.8 Å². The van der Waals surface area contributed by atoms with Gasteiger partial charge in [-0.3, -0.25) is 14.9 Å². The number of nitrogens with zero attached hydrogens (tertiary/aromatic N) is 3. The zero-order chi connectivity index (χ0) is 14.5. The van der Waals surface area contributed by atoms with Crippen LogP contribution in [0.4, 0.5) is 10.6 Å². The van der Waals surface area contributed by atoms with E-state index in [1.807, 2.05) is 6.92 Å². The standard InChI is InChI=1S/C13H23N5O2/c1-10-8-15-17(3)12(10)16-13(19)14-4-5-18-6-7-20-11(2)9-18/h8,11H,4-7,9H2,1-3H3,(H2,14,16,19). The molecule has 0 bridgehead atoms. The van der Waals surface area contributed by atoms with E-state index in [0.717, 1.165) is 37.6 Å². The largest absolute Gasteiger partial charge is 0.376 e. The molecule has 112 valence electrons. The van der Waals surface area contributed by atoms with Crippen LogP contribution in [0.25, 0.3) is 0 Å². The number of amides is 2. The number of ether oxygens (including phenoxy) is 1. The van der Waals surface area contributed by atoms with Crippen molar-refractivity contribution in [2.24, 2.45) is 7.05 Å². The van der Waals surface area contributed by atoms with E-state index in [1.54, 1.807) is 17.9 Å². The zero-order valence-corrected chi connectivity index (χ0v) is 12.3. The maximum Gasteiger partial charge on any atom is 0.320 e. The zero-order valence-electron chi connectivity index (χ0n) is 12.3. The second-order valence-corrected chi connectivity index (χ2v) is 5.16. The highest BCUT2D eigenvalue weighted by molar-refractivity contribution is 5.88. The summed E-state index contributed by atoms with van der Waals surface area (Å²) in [6.07, 6.45) is 2.00. The normalized spacial score (nSPS) is 19.9. The second-order valence-electron chi connectivity index (χ2n) is 5.16. The van der Waals surface area contributed by atoms with Crippen LogP contribution in [0.3, 0.4) is 0 Å². The molecule has 1 aliphatic rings. The maximum absolute atomic E-state index is 11.8. The molecule has 1 atom stereocenters.